The average molecular weight is 254 g/mol. The van der Waals surface area contributed by atoms with Crippen molar-refractivity contribution in [3.05, 3.63) is 0 Å². The molecule has 2 rings (SSSR count). The van der Waals surface area contributed by atoms with Gasteiger partial charge in [-0.05, 0) is 33.1 Å². The van der Waals surface area contributed by atoms with E-state index in [2.05, 4.69) is 31.0 Å². The number of rotatable bonds is 5. The van der Waals surface area contributed by atoms with Crippen molar-refractivity contribution < 1.29 is 4.74 Å². The molecule has 1 saturated carbocycles. The van der Waals surface area contributed by atoms with E-state index in [9.17, 15) is 0 Å². The van der Waals surface area contributed by atoms with Crippen molar-refractivity contribution in [1.82, 2.24) is 10.2 Å². The molecule has 1 saturated heterocycles. The van der Waals surface area contributed by atoms with Gasteiger partial charge in [0.05, 0.1) is 12.7 Å². The Morgan fingerprint density at radius 3 is 2.83 bits per heavy atom. The maximum atomic E-state index is 5.92. The summed E-state index contributed by atoms with van der Waals surface area (Å²) in [6, 6.07) is 0.694. The van der Waals surface area contributed by atoms with Crippen molar-refractivity contribution in [2.75, 3.05) is 26.2 Å². The van der Waals surface area contributed by atoms with Crippen molar-refractivity contribution in [1.29, 1.82) is 0 Å². The maximum absolute atomic E-state index is 5.92. The molecule has 0 radical (unpaired) electrons. The van der Waals surface area contributed by atoms with Gasteiger partial charge in [0.1, 0.15) is 0 Å². The monoisotopic (exact) mass is 254 g/mol. The number of morpholine rings is 1. The molecule has 2 unspecified atom stereocenters. The molecule has 18 heavy (non-hydrogen) atoms. The summed E-state index contributed by atoms with van der Waals surface area (Å²) in [5.41, 5.74) is 0.276. The molecule has 2 atom stereocenters. The molecule has 1 heterocycles. The van der Waals surface area contributed by atoms with Crippen LogP contribution in [0.25, 0.3) is 0 Å². The van der Waals surface area contributed by atoms with Gasteiger partial charge in [-0.25, -0.2) is 0 Å². The number of fused-ring (bicyclic) bond motifs is 1. The molecule has 106 valence electrons. The average Bonchev–Trinajstić information content (AvgIpc) is 2.39. The van der Waals surface area contributed by atoms with Crippen LogP contribution in [0.4, 0.5) is 0 Å². The SMILES string of the molecule is CCC(C)(C)NCCN1CCOC2CCCCC21. The maximum Gasteiger partial charge on any atom is 0.0730 e. The predicted octanol–water partition coefficient (Wildman–Crippen LogP) is 2.41. The standard InChI is InChI=1S/C15H30N2O/c1-4-15(2,3)16-9-10-17-11-12-18-14-8-6-5-7-13(14)17/h13-14,16H,4-12H2,1-3H3. The second-order valence-electron chi connectivity index (χ2n) is 6.46. The summed E-state index contributed by atoms with van der Waals surface area (Å²) in [6.07, 6.45) is 7.05. The zero-order valence-corrected chi connectivity index (χ0v) is 12.4. The molecule has 2 aliphatic rings. The van der Waals surface area contributed by atoms with Crippen LogP contribution >= 0.6 is 0 Å². The smallest absolute Gasteiger partial charge is 0.0730 e. The van der Waals surface area contributed by atoms with E-state index in [4.69, 9.17) is 4.74 Å². The zero-order chi connectivity index (χ0) is 13.0. The molecular formula is C15H30N2O. The Labute approximate surface area is 112 Å². The van der Waals surface area contributed by atoms with Gasteiger partial charge in [0, 0.05) is 31.2 Å². The van der Waals surface area contributed by atoms with Crippen molar-refractivity contribution in [3.8, 4) is 0 Å². The Morgan fingerprint density at radius 2 is 2.06 bits per heavy atom. The minimum Gasteiger partial charge on any atom is -0.375 e. The van der Waals surface area contributed by atoms with Crippen LogP contribution in [-0.2, 0) is 4.74 Å². The fourth-order valence-corrected chi connectivity index (χ4v) is 3.12. The van der Waals surface area contributed by atoms with E-state index in [-0.39, 0.29) is 5.54 Å². The summed E-state index contributed by atoms with van der Waals surface area (Å²) in [4.78, 5) is 2.66. The fourth-order valence-electron chi connectivity index (χ4n) is 3.12. The van der Waals surface area contributed by atoms with Crippen molar-refractivity contribution >= 4 is 0 Å². The lowest BCUT2D eigenvalue weighted by Gasteiger charge is -2.44. The van der Waals surface area contributed by atoms with Crippen LogP contribution in [-0.4, -0.2) is 48.8 Å². The van der Waals surface area contributed by atoms with Crippen LogP contribution in [0.15, 0.2) is 0 Å². The second-order valence-corrected chi connectivity index (χ2v) is 6.46. The van der Waals surface area contributed by atoms with E-state index < -0.39 is 0 Å². The quantitative estimate of drug-likeness (QED) is 0.815. The molecule has 0 aromatic carbocycles. The summed E-state index contributed by atoms with van der Waals surface area (Å²) in [7, 11) is 0. The third kappa shape index (κ3) is 3.69. The van der Waals surface area contributed by atoms with Gasteiger partial charge in [0.2, 0.25) is 0 Å². The van der Waals surface area contributed by atoms with Crippen molar-refractivity contribution in [3.63, 3.8) is 0 Å². The Bertz CT molecular complexity index is 253. The summed E-state index contributed by atoms with van der Waals surface area (Å²) >= 11 is 0. The Balaban J connectivity index is 1.77. The molecule has 3 nitrogen and oxygen atoms in total. The second kappa shape index (κ2) is 6.36. The fraction of sp³-hybridized carbons (Fsp3) is 1.00. The summed E-state index contributed by atoms with van der Waals surface area (Å²) < 4.78 is 5.92. The molecule has 1 aliphatic carbocycles. The number of hydrogen-bond donors (Lipinski definition) is 1. The third-order valence-corrected chi connectivity index (χ3v) is 4.73. The van der Waals surface area contributed by atoms with Gasteiger partial charge in [-0.3, -0.25) is 4.90 Å². The topological polar surface area (TPSA) is 24.5 Å². The molecule has 3 heteroatoms. The number of nitrogens with zero attached hydrogens (tertiary/aromatic N) is 1. The first kappa shape index (κ1) is 14.3. The molecule has 2 fully saturated rings. The lowest BCUT2D eigenvalue weighted by Crippen LogP contribution is -2.55. The van der Waals surface area contributed by atoms with Gasteiger partial charge in [-0.1, -0.05) is 19.8 Å². The minimum absolute atomic E-state index is 0.276. The number of nitrogens with one attached hydrogen (secondary N) is 1. The van der Waals surface area contributed by atoms with Gasteiger partial charge in [0.25, 0.3) is 0 Å². The first-order chi connectivity index (χ1) is 8.62. The summed E-state index contributed by atoms with van der Waals surface area (Å²) in [6.45, 7) is 11.1. The molecule has 0 aromatic rings. The highest BCUT2D eigenvalue weighted by Gasteiger charge is 2.33. The van der Waals surface area contributed by atoms with Gasteiger partial charge in [0.15, 0.2) is 0 Å². The van der Waals surface area contributed by atoms with E-state index in [0.29, 0.717) is 12.1 Å². The molecule has 1 aliphatic heterocycles. The Kier molecular flexibility index (Phi) is 5.05. The van der Waals surface area contributed by atoms with Crippen molar-refractivity contribution in [2.24, 2.45) is 0 Å². The van der Waals surface area contributed by atoms with Gasteiger partial charge in [-0.15, -0.1) is 0 Å². The largest absolute Gasteiger partial charge is 0.375 e. The van der Waals surface area contributed by atoms with E-state index in [0.717, 1.165) is 19.7 Å². The zero-order valence-electron chi connectivity index (χ0n) is 12.4. The Morgan fingerprint density at radius 1 is 1.28 bits per heavy atom. The first-order valence-corrected chi connectivity index (χ1v) is 7.73. The van der Waals surface area contributed by atoms with Crippen LogP contribution in [0.2, 0.25) is 0 Å². The first-order valence-electron chi connectivity index (χ1n) is 7.73. The van der Waals surface area contributed by atoms with Crippen LogP contribution in [0, 0.1) is 0 Å². The van der Waals surface area contributed by atoms with Gasteiger partial charge >= 0.3 is 0 Å². The number of hydrogen-bond acceptors (Lipinski definition) is 3. The van der Waals surface area contributed by atoms with E-state index >= 15 is 0 Å². The van der Waals surface area contributed by atoms with E-state index in [1.165, 1.54) is 38.6 Å². The molecule has 0 amide bonds. The molecule has 0 bridgehead atoms. The van der Waals surface area contributed by atoms with Gasteiger partial charge < -0.3 is 10.1 Å². The van der Waals surface area contributed by atoms with Crippen molar-refractivity contribution in [2.45, 2.75) is 70.6 Å². The summed E-state index contributed by atoms with van der Waals surface area (Å²) in [5.74, 6) is 0. The highest BCUT2D eigenvalue weighted by molar-refractivity contribution is 4.88. The lowest BCUT2D eigenvalue weighted by atomic mass is 9.90. The van der Waals surface area contributed by atoms with E-state index in [1.807, 2.05) is 0 Å². The molecule has 1 N–H and O–H groups in total. The molecular weight excluding hydrogens is 224 g/mol. The van der Waals surface area contributed by atoms with Crippen LogP contribution in [0.3, 0.4) is 0 Å². The van der Waals surface area contributed by atoms with Crippen LogP contribution in [0.1, 0.15) is 52.9 Å². The highest BCUT2D eigenvalue weighted by Crippen LogP contribution is 2.28. The lowest BCUT2D eigenvalue weighted by molar-refractivity contribution is -0.0876. The Hall–Kier alpha value is -0.120. The number of ether oxygens (including phenoxy) is 1. The third-order valence-electron chi connectivity index (χ3n) is 4.73. The molecule has 0 aromatic heterocycles. The van der Waals surface area contributed by atoms with Crippen LogP contribution < -0.4 is 5.32 Å². The highest BCUT2D eigenvalue weighted by atomic mass is 16.5. The molecule has 0 spiro atoms. The van der Waals surface area contributed by atoms with Gasteiger partial charge in [-0.2, -0.15) is 0 Å². The minimum atomic E-state index is 0.276. The van der Waals surface area contributed by atoms with E-state index in [1.54, 1.807) is 0 Å². The predicted molar refractivity (Wildman–Crippen MR) is 75.9 cm³/mol. The summed E-state index contributed by atoms with van der Waals surface area (Å²) in [5, 5.41) is 3.67. The normalized spacial score (nSPS) is 30.2. The van der Waals surface area contributed by atoms with Crippen LogP contribution in [0.5, 0.6) is 0 Å².